The standard InChI is InChI=1S/C11H23NO2/c1-8(2)5-10(9(3)13)6-11(14)7-12-4/h8,10-12,14H,5-7H2,1-4H3/t10?,11-/m0/s1. The number of hydrogen-bond donors (Lipinski definition) is 2. The van der Waals surface area contributed by atoms with Crippen LogP contribution in [0, 0.1) is 11.8 Å². The van der Waals surface area contributed by atoms with Gasteiger partial charge in [-0.15, -0.1) is 0 Å². The number of ketones is 1. The highest BCUT2D eigenvalue weighted by atomic mass is 16.3. The summed E-state index contributed by atoms with van der Waals surface area (Å²) in [6.07, 6.45) is 1.04. The zero-order valence-corrected chi connectivity index (χ0v) is 9.71. The van der Waals surface area contributed by atoms with Gasteiger partial charge in [0.05, 0.1) is 6.10 Å². The predicted molar refractivity (Wildman–Crippen MR) is 58.2 cm³/mol. The Morgan fingerprint density at radius 2 is 1.93 bits per heavy atom. The zero-order chi connectivity index (χ0) is 11.1. The van der Waals surface area contributed by atoms with Gasteiger partial charge in [0.1, 0.15) is 5.78 Å². The lowest BCUT2D eigenvalue weighted by molar-refractivity contribution is -0.122. The van der Waals surface area contributed by atoms with E-state index in [1.807, 2.05) is 0 Å². The molecule has 0 aromatic rings. The first-order chi connectivity index (χ1) is 6.47. The summed E-state index contributed by atoms with van der Waals surface area (Å²) in [5.41, 5.74) is 0. The molecule has 0 aliphatic heterocycles. The van der Waals surface area contributed by atoms with Crippen molar-refractivity contribution in [2.45, 2.75) is 39.7 Å². The van der Waals surface area contributed by atoms with Gasteiger partial charge < -0.3 is 10.4 Å². The molecular weight excluding hydrogens is 178 g/mol. The van der Waals surface area contributed by atoms with Gasteiger partial charge in [0, 0.05) is 12.5 Å². The van der Waals surface area contributed by atoms with Crippen molar-refractivity contribution < 1.29 is 9.90 Å². The van der Waals surface area contributed by atoms with Crippen LogP contribution in [-0.2, 0) is 4.79 Å². The number of Topliss-reactive ketones (excluding diaryl/α,β-unsaturated/α-hetero) is 1. The van der Waals surface area contributed by atoms with Crippen molar-refractivity contribution in [1.29, 1.82) is 0 Å². The number of rotatable bonds is 7. The van der Waals surface area contributed by atoms with Gasteiger partial charge >= 0.3 is 0 Å². The number of hydrogen-bond acceptors (Lipinski definition) is 3. The summed E-state index contributed by atoms with van der Waals surface area (Å²) >= 11 is 0. The van der Waals surface area contributed by atoms with Crippen LogP contribution >= 0.6 is 0 Å². The minimum Gasteiger partial charge on any atom is -0.392 e. The lowest BCUT2D eigenvalue weighted by Crippen LogP contribution is -2.28. The minimum absolute atomic E-state index is 0.0124. The number of carbonyl (C=O) groups excluding carboxylic acids is 1. The number of carbonyl (C=O) groups is 1. The van der Waals surface area contributed by atoms with E-state index in [0.29, 0.717) is 18.9 Å². The monoisotopic (exact) mass is 201 g/mol. The van der Waals surface area contributed by atoms with E-state index in [9.17, 15) is 9.90 Å². The maximum Gasteiger partial charge on any atom is 0.133 e. The molecule has 2 atom stereocenters. The van der Waals surface area contributed by atoms with Crippen LogP contribution in [0.4, 0.5) is 0 Å². The van der Waals surface area contributed by atoms with Crippen LogP contribution in [0.15, 0.2) is 0 Å². The molecule has 0 saturated carbocycles. The summed E-state index contributed by atoms with van der Waals surface area (Å²) in [6, 6.07) is 0. The maximum absolute atomic E-state index is 11.3. The Bertz CT molecular complexity index is 169. The third kappa shape index (κ3) is 6.11. The van der Waals surface area contributed by atoms with Crippen molar-refractivity contribution in [2.24, 2.45) is 11.8 Å². The normalized spacial score (nSPS) is 15.6. The summed E-state index contributed by atoms with van der Waals surface area (Å²) in [5.74, 6) is 0.706. The van der Waals surface area contributed by atoms with E-state index < -0.39 is 6.10 Å². The Labute approximate surface area is 86.9 Å². The highest BCUT2D eigenvalue weighted by molar-refractivity contribution is 5.78. The quantitative estimate of drug-likeness (QED) is 0.651. The van der Waals surface area contributed by atoms with Crippen molar-refractivity contribution in [2.75, 3.05) is 13.6 Å². The first-order valence-electron chi connectivity index (χ1n) is 5.30. The highest BCUT2D eigenvalue weighted by Crippen LogP contribution is 2.18. The van der Waals surface area contributed by atoms with Crippen LogP contribution in [0.3, 0.4) is 0 Å². The Balaban J connectivity index is 4.02. The van der Waals surface area contributed by atoms with Gasteiger partial charge in [0.25, 0.3) is 0 Å². The van der Waals surface area contributed by atoms with Crippen molar-refractivity contribution in [1.82, 2.24) is 5.32 Å². The molecule has 0 aromatic carbocycles. The fourth-order valence-corrected chi connectivity index (χ4v) is 1.64. The molecule has 0 aliphatic rings. The summed E-state index contributed by atoms with van der Waals surface area (Å²) in [5, 5.41) is 12.5. The third-order valence-electron chi connectivity index (χ3n) is 2.33. The molecule has 0 aromatic heterocycles. The van der Waals surface area contributed by atoms with Crippen molar-refractivity contribution in [3.05, 3.63) is 0 Å². The first-order valence-corrected chi connectivity index (χ1v) is 5.30. The summed E-state index contributed by atoms with van der Waals surface area (Å²) in [6.45, 7) is 6.36. The fraction of sp³-hybridized carbons (Fsp3) is 0.909. The second kappa shape index (κ2) is 6.96. The topological polar surface area (TPSA) is 49.3 Å². The molecule has 0 saturated heterocycles. The Kier molecular flexibility index (Phi) is 6.75. The van der Waals surface area contributed by atoms with Gasteiger partial charge in [-0.3, -0.25) is 4.79 Å². The average molecular weight is 201 g/mol. The molecule has 84 valence electrons. The summed E-state index contributed by atoms with van der Waals surface area (Å²) in [4.78, 5) is 11.3. The largest absolute Gasteiger partial charge is 0.392 e. The lowest BCUT2D eigenvalue weighted by atomic mass is 9.89. The van der Waals surface area contributed by atoms with E-state index in [1.165, 1.54) is 0 Å². The molecular formula is C11H23NO2. The van der Waals surface area contributed by atoms with E-state index in [4.69, 9.17) is 0 Å². The molecule has 0 spiro atoms. The van der Waals surface area contributed by atoms with Gasteiger partial charge in [-0.1, -0.05) is 13.8 Å². The Morgan fingerprint density at radius 1 is 1.36 bits per heavy atom. The third-order valence-corrected chi connectivity index (χ3v) is 2.33. The van der Waals surface area contributed by atoms with Crippen LogP contribution in [0.25, 0.3) is 0 Å². The summed E-state index contributed by atoms with van der Waals surface area (Å²) in [7, 11) is 1.80. The zero-order valence-electron chi connectivity index (χ0n) is 9.71. The van der Waals surface area contributed by atoms with E-state index in [-0.39, 0.29) is 11.7 Å². The van der Waals surface area contributed by atoms with E-state index in [2.05, 4.69) is 19.2 Å². The van der Waals surface area contributed by atoms with E-state index in [1.54, 1.807) is 14.0 Å². The van der Waals surface area contributed by atoms with Gasteiger partial charge in [-0.25, -0.2) is 0 Å². The molecule has 0 aliphatic carbocycles. The molecule has 0 heterocycles. The van der Waals surface area contributed by atoms with Crippen molar-refractivity contribution in [3.63, 3.8) is 0 Å². The van der Waals surface area contributed by atoms with Crippen molar-refractivity contribution in [3.8, 4) is 0 Å². The lowest BCUT2D eigenvalue weighted by Gasteiger charge is -2.19. The number of nitrogens with one attached hydrogen (secondary N) is 1. The highest BCUT2D eigenvalue weighted by Gasteiger charge is 2.19. The van der Waals surface area contributed by atoms with Crippen LogP contribution < -0.4 is 5.32 Å². The Morgan fingerprint density at radius 3 is 2.29 bits per heavy atom. The molecule has 3 heteroatoms. The molecule has 0 fully saturated rings. The van der Waals surface area contributed by atoms with E-state index in [0.717, 1.165) is 6.42 Å². The van der Waals surface area contributed by atoms with Crippen LogP contribution in [-0.4, -0.2) is 30.6 Å². The van der Waals surface area contributed by atoms with E-state index >= 15 is 0 Å². The van der Waals surface area contributed by atoms with Gasteiger partial charge in [-0.05, 0) is 32.7 Å². The van der Waals surface area contributed by atoms with Gasteiger partial charge in [0.2, 0.25) is 0 Å². The second-order valence-electron chi connectivity index (χ2n) is 4.38. The number of likely N-dealkylation sites (N-methyl/N-ethyl adjacent to an activating group) is 1. The number of aliphatic hydroxyl groups excluding tert-OH is 1. The number of aliphatic hydroxyl groups is 1. The summed E-state index contributed by atoms with van der Waals surface area (Å²) < 4.78 is 0. The Hall–Kier alpha value is -0.410. The molecule has 3 nitrogen and oxygen atoms in total. The fourth-order valence-electron chi connectivity index (χ4n) is 1.64. The molecule has 0 rings (SSSR count). The SMILES string of the molecule is CNC[C@@H](O)CC(CC(C)C)C(C)=O. The molecule has 1 unspecified atom stereocenters. The van der Waals surface area contributed by atoms with Crippen LogP contribution in [0.5, 0.6) is 0 Å². The minimum atomic E-state index is -0.410. The second-order valence-corrected chi connectivity index (χ2v) is 4.38. The molecule has 0 amide bonds. The van der Waals surface area contributed by atoms with Gasteiger partial charge in [-0.2, -0.15) is 0 Å². The molecule has 2 N–H and O–H groups in total. The molecule has 14 heavy (non-hydrogen) atoms. The van der Waals surface area contributed by atoms with Crippen molar-refractivity contribution >= 4 is 5.78 Å². The average Bonchev–Trinajstić information content (AvgIpc) is 2.02. The smallest absolute Gasteiger partial charge is 0.133 e. The van der Waals surface area contributed by atoms with Gasteiger partial charge in [0.15, 0.2) is 0 Å². The first kappa shape index (κ1) is 13.6. The maximum atomic E-state index is 11.3. The van der Waals surface area contributed by atoms with Crippen LogP contribution in [0.2, 0.25) is 0 Å². The van der Waals surface area contributed by atoms with Crippen LogP contribution in [0.1, 0.15) is 33.6 Å². The molecule has 0 bridgehead atoms. The molecule has 0 radical (unpaired) electrons. The predicted octanol–water partition coefficient (Wildman–Crippen LogP) is 1.21.